The number of amides is 1. The van der Waals surface area contributed by atoms with Crippen LogP contribution >= 0.6 is 11.9 Å². The number of nitrogens with one attached hydrogen (secondary N) is 2. The highest BCUT2D eigenvalue weighted by Crippen LogP contribution is 2.94. The van der Waals surface area contributed by atoms with Gasteiger partial charge in [-0.15, -0.1) is 5.10 Å². The summed E-state index contributed by atoms with van der Waals surface area (Å²) < 4.78 is 10.3. The van der Waals surface area contributed by atoms with Crippen molar-refractivity contribution in [3.05, 3.63) is 42.1 Å². The van der Waals surface area contributed by atoms with Crippen LogP contribution in [0.25, 0.3) is 5.82 Å². The van der Waals surface area contributed by atoms with Gasteiger partial charge in [-0.2, -0.15) is 0 Å². The van der Waals surface area contributed by atoms with Crippen LogP contribution < -0.4 is 19.7 Å². The third-order valence-electron chi connectivity index (χ3n) is 11.3. The van der Waals surface area contributed by atoms with E-state index in [0.717, 1.165) is 57.0 Å². The number of aromatic hydroxyl groups is 1. The summed E-state index contributed by atoms with van der Waals surface area (Å²) in [5.74, 6) is 0.277. The molecule has 3 aromatic rings. The van der Waals surface area contributed by atoms with E-state index in [2.05, 4.69) is 45.8 Å². The summed E-state index contributed by atoms with van der Waals surface area (Å²) in [6.45, 7) is 7.79. The molecule has 0 aromatic carbocycles. The minimum atomic E-state index is -1.88. The fourth-order valence-corrected chi connectivity index (χ4v) is 9.25. The largest absolute Gasteiger partial charge is 0.504 e. The van der Waals surface area contributed by atoms with E-state index in [9.17, 15) is 20.1 Å². The molecule has 2 aliphatic heterocycles. The van der Waals surface area contributed by atoms with Gasteiger partial charge in [0.05, 0.1) is 5.56 Å². The summed E-state index contributed by atoms with van der Waals surface area (Å²) in [7, 11) is 0. The monoisotopic (exact) mass is 647 g/mol. The van der Waals surface area contributed by atoms with Crippen molar-refractivity contribution in [3.8, 4) is 17.4 Å². The van der Waals surface area contributed by atoms with Crippen molar-refractivity contribution in [2.75, 3.05) is 29.9 Å². The average Bonchev–Trinajstić information content (AvgIpc) is 3.98. The fourth-order valence-electron chi connectivity index (χ4n) is 8.67. The molecule has 1 amide bonds. The van der Waals surface area contributed by atoms with Gasteiger partial charge in [-0.05, 0) is 99.3 Å². The number of aromatic nitrogens is 4. The standard InChI is InChI=1S/C33H41N7O5S/c1-19-8-14-34-26-22(41)5-7-25(36-26)46-38-28(42)21-4-6-23(35-27(21)39-17-20(19)16-30(39,2)3)40-15-9-24(37-40)45-18-33(43,44)29-31(10-11-31)32(29)12-13-32/h4-7,9,15,19-20,29,41,43-44H,8,10-14,16-18H2,1-3H3,(H,34,36)(H,38,42). The van der Waals surface area contributed by atoms with E-state index in [1.54, 1.807) is 41.2 Å². The SMILES string of the molecule is CC1CCNc2nc(ccc2O)SNC(=O)c2ccc(-n3ccc(OCC(O)(O)C4C5(CC5)C45CC5)n3)nc2N2CC1CC2(C)C. The predicted molar refractivity (Wildman–Crippen MR) is 172 cm³/mol. The number of nitrogens with zero attached hydrogens (tertiary/aromatic N) is 5. The predicted octanol–water partition coefficient (Wildman–Crippen LogP) is 4.11. The first kappa shape index (κ1) is 29.8. The molecule has 5 aliphatic rings. The second-order valence-electron chi connectivity index (χ2n) is 14.7. The van der Waals surface area contributed by atoms with Crippen LogP contribution in [-0.2, 0) is 0 Å². The van der Waals surface area contributed by atoms with Gasteiger partial charge >= 0.3 is 0 Å². The number of carbonyl (C=O) groups is 1. The van der Waals surface area contributed by atoms with Crippen LogP contribution in [0.5, 0.6) is 11.6 Å². The van der Waals surface area contributed by atoms with Crippen LogP contribution in [0.3, 0.4) is 0 Å². The van der Waals surface area contributed by atoms with Gasteiger partial charge in [-0.25, -0.2) is 14.6 Å². The highest BCUT2D eigenvalue weighted by atomic mass is 32.2. The Kier molecular flexibility index (Phi) is 6.63. The lowest BCUT2D eigenvalue weighted by molar-refractivity contribution is -0.203. The van der Waals surface area contributed by atoms with Crippen molar-refractivity contribution in [2.45, 2.75) is 75.6 Å². The molecule has 2 atom stereocenters. The number of pyridine rings is 2. The van der Waals surface area contributed by atoms with E-state index in [-0.39, 0.29) is 46.4 Å². The first-order valence-electron chi connectivity index (χ1n) is 16.3. The lowest BCUT2D eigenvalue weighted by Crippen LogP contribution is -2.40. The van der Waals surface area contributed by atoms with Gasteiger partial charge in [-0.3, -0.25) is 9.52 Å². The number of anilines is 2. The van der Waals surface area contributed by atoms with Gasteiger partial charge in [0.2, 0.25) is 11.7 Å². The lowest BCUT2D eigenvalue weighted by Gasteiger charge is -2.34. The molecule has 8 rings (SSSR count). The minimum Gasteiger partial charge on any atom is -0.504 e. The molecule has 46 heavy (non-hydrogen) atoms. The fraction of sp³-hybridized carbons (Fsp3) is 0.576. The van der Waals surface area contributed by atoms with E-state index >= 15 is 0 Å². The van der Waals surface area contributed by atoms with Crippen LogP contribution in [0.4, 0.5) is 11.6 Å². The normalized spacial score (nSPS) is 25.7. The number of ether oxygens (including phenoxy) is 1. The van der Waals surface area contributed by atoms with Crippen LogP contribution in [0, 0.1) is 28.6 Å². The Labute approximate surface area is 272 Å². The van der Waals surface area contributed by atoms with Gasteiger partial charge in [0.15, 0.2) is 17.4 Å². The maximum absolute atomic E-state index is 13.7. The molecule has 3 aliphatic carbocycles. The van der Waals surface area contributed by atoms with Crippen molar-refractivity contribution in [3.63, 3.8) is 0 Å². The van der Waals surface area contributed by atoms with Crippen LogP contribution in [-0.4, -0.2) is 72.0 Å². The Balaban J connectivity index is 1.07. The Morgan fingerprint density at radius 3 is 2.59 bits per heavy atom. The zero-order chi connectivity index (χ0) is 32.1. The highest BCUT2D eigenvalue weighted by molar-refractivity contribution is 7.97. The van der Waals surface area contributed by atoms with Crippen molar-refractivity contribution < 1.29 is 24.9 Å². The van der Waals surface area contributed by atoms with Crippen LogP contribution in [0.1, 0.15) is 69.7 Å². The molecule has 0 radical (unpaired) electrons. The lowest BCUT2D eigenvalue weighted by atomic mass is 9.86. The molecular weight excluding hydrogens is 606 g/mol. The molecule has 1 saturated heterocycles. The molecule has 2 unspecified atom stereocenters. The first-order chi connectivity index (χ1) is 21.9. The third kappa shape index (κ3) is 4.81. The van der Waals surface area contributed by atoms with Gasteiger partial charge in [0, 0.05) is 48.8 Å². The topological polar surface area (TPSA) is 158 Å². The number of aliphatic hydroxyl groups is 2. The summed E-state index contributed by atoms with van der Waals surface area (Å²) in [5.41, 5.74) is 0.434. The van der Waals surface area contributed by atoms with Crippen LogP contribution in [0.2, 0.25) is 0 Å². The molecule has 5 heterocycles. The summed E-state index contributed by atoms with van der Waals surface area (Å²) in [6, 6.07) is 8.44. The van der Waals surface area contributed by atoms with Crippen molar-refractivity contribution in [2.24, 2.45) is 28.6 Å². The molecule has 4 bridgehead atoms. The zero-order valence-electron chi connectivity index (χ0n) is 26.4. The third-order valence-corrected chi connectivity index (χ3v) is 12.1. The molecule has 13 heteroatoms. The number of carbonyl (C=O) groups excluding carboxylic acids is 1. The molecule has 3 aromatic heterocycles. The minimum absolute atomic E-state index is 0.0725. The Bertz CT molecular complexity index is 1680. The number of fused-ring (bicyclic) bond motifs is 7. The molecule has 2 spiro atoms. The van der Waals surface area contributed by atoms with E-state index in [1.807, 2.05) is 0 Å². The molecule has 244 valence electrons. The first-order valence-corrected chi connectivity index (χ1v) is 17.1. The molecule has 12 nitrogen and oxygen atoms in total. The molecule has 4 fully saturated rings. The van der Waals surface area contributed by atoms with Gasteiger partial charge < -0.3 is 30.3 Å². The Morgan fingerprint density at radius 2 is 1.85 bits per heavy atom. The van der Waals surface area contributed by atoms with Gasteiger partial charge in [0.1, 0.15) is 17.5 Å². The Hall–Kier alpha value is -3.55. The summed E-state index contributed by atoms with van der Waals surface area (Å²) in [5, 5.41) is 40.5. The molecule has 3 saturated carbocycles. The molecule has 5 N–H and O–H groups in total. The Morgan fingerprint density at radius 1 is 1.09 bits per heavy atom. The quantitative estimate of drug-likeness (QED) is 0.201. The van der Waals surface area contributed by atoms with E-state index in [4.69, 9.17) is 9.72 Å². The number of hydrogen-bond donors (Lipinski definition) is 5. The highest BCUT2D eigenvalue weighted by Gasteiger charge is 2.90. The van der Waals surface area contributed by atoms with Gasteiger partial charge in [-0.1, -0.05) is 6.92 Å². The number of rotatable bonds is 5. The second kappa shape index (κ2) is 10.2. The summed E-state index contributed by atoms with van der Waals surface area (Å²) >= 11 is 1.08. The van der Waals surface area contributed by atoms with E-state index in [0.29, 0.717) is 46.4 Å². The zero-order valence-corrected chi connectivity index (χ0v) is 27.2. The second-order valence-corrected chi connectivity index (χ2v) is 15.5. The average molecular weight is 648 g/mol. The maximum Gasteiger partial charge on any atom is 0.265 e. The van der Waals surface area contributed by atoms with Crippen molar-refractivity contribution >= 4 is 29.5 Å². The van der Waals surface area contributed by atoms with E-state index < -0.39 is 5.79 Å². The van der Waals surface area contributed by atoms with Crippen molar-refractivity contribution in [1.29, 1.82) is 0 Å². The summed E-state index contributed by atoms with van der Waals surface area (Å²) in [4.78, 5) is 25.4. The van der Waals surface area contributed by atoms with Crippen LogP contribution in [0.15, 0.2) is 41.6 Å². The summed E-state index contributed by atoms with van der Waals surface area (Å²) in [6.07, 6.45) is 7.87. The number of hydrogen-bond acceptors (Lipinski definition) is 11. The van der Waals surface area contributed by atoms with E-state index in [1.165, 1.54) is 0 Å². The van der Waals surface area contributed by atoms with Crippen molar-refractivity contribution in [1.82, 2.24) is 24.5 Å². The maximum atomic E-state index is 13.7. The van der Waals surface area contributed by atoms with Gasteiger partial charge in [0.25, 0.3) is 5.91 Å². The molecular formula is C33H41N7O5S. The smallest absolute Gasteiger partial charge is 0.265 e.